The van der Waals surface area contributed by atoms with E-state index in [0.717, 1.165) is 93.6 Å². The number of hydrogen-bond donors (Lipinski definition) is 0. The molecule has 4 heteroatoms. The van der Waals surface area contributed by atoms with Crippen molar-refractivity contribution in [2.75, 3.05) is 9.80 Å². The second-order valence-electron chi connectivity index (χ2n) is 23.7. The minimum Gasteiger partial charge on any atom is -0.456 e. The lowest BCUT2D eigenvalue weighted by Gasteiger charge is -2.34. The Morgan fingerprint density at radius 3 is 2.11 bits per heavy atom. The van der Waals surface area contributed by atoms with Crippen molar-refractivity contribution in [3.05, 3.63) is 276 Å². The molecule has 12 aromatic carbocycles. The first-order valence-electron chi connectivity index (χ1n) is 29.1. The molecule has 14 aromatic rings. The van der Waals surface area contributed by atoms with E-state index in [9.17, 15) is 0 Å². The zero-order valence-electron chi connectivity index (χ0n) is 46.6. The van der Waals surface area contributed by atoms with Crippen LogP contribution >= 0.6 is 0 Å². The predicted octanol–water partition coefficient (Wildman–Crippen LogP) is 20.1. The maximum Gasteiger partial charge on any atom is 0.143 e. The summed E-state index contributed by atoms with van der Waals surface area (Å²) in [6, 6.07) is 82.8. The van der Waals surface area contributed by atoms with Crippen LogP contribution < -0.4 is 20.2 Å². The Labute approximate surface area is 481 Å². The predicted molar refractivity (Wildman–Crippen MR) is 349 cm³/mol. The number of furan rings is 2. The summed E-state index contributed by atoms with van der Waals surface area (Å²) >= 11 is 0. The zero-order chi connectivity index (χ0) is 55.2. The summed E-state index contributed by atoms with van der Waals surface area (Å²) in [5.74, 6) is 0.404. The van der Waals surface area contributed by atoms with Crippen molar-refractivity contribution >= 4 is 111 Å². The first-order valence-corrected chi connectivity index (χ1v) is 29.1. The molecule has 2 aliphatic carbocycles. The van der Waals surface area contributed by atoms with Crippen LogP contribution in [0.3, 0.4) is 0 Å². The van der Waals surface area contributed by atoms with E-state index in [2.05, 4.69) is 292 Å². The molecule has 1 unspecified atom stereocenters. The Kier molecular flexibility index (Phi) is 10.3. The van der Waals surface area contributed by atoms with Gasteiger partial charge in [0.1, 0.15) is 22.3 Å². The van der Waals surface area contributed by atoms with Gasteiger partial charge in [0.15, 0.2) is 0 Å². The first-order chi connectivity index (χ1) is 40.7. The lowest BCUT2D eigenvalue weighted by atomic mass is 9.82. The van der Waals surface area contributed by atoms with Gasteiger partial charge in [-0.1, -0.05) is 210 Å². The number of hydrogen-bond acceptors (Lipinski definition) is 4. The SMILES string of the molecule is CC(C)c1cccc(-c2cccc3oc4c(ccc5cc(N6C=c7ccccc7=C7C=CC=CC76)c6ccc7oc8cc(N(c9ccc%10c(c9)-c9ccccc9C%10(C)C)c9ccc(-c%10ccccc%10)c%10ccccc9%10)ccc8c7c6c54)c23)c1. The molecule has 0 saturated heterocycles. The van der Waals surface area contributed by atoms with Gasteiger partial charge < -0.3 is 18.6 Å². The normalized spacial score (nSPS) is 15.0. The second-order valence-corrected chi connectivity index (χ2v) is 23.7. The number of nitrogens with zero attached hydrogens (tertiary/aromatic N) is 2. The molecule has 0 saturated carbocycles. The van der Waals surface area contributed by atoms with Crippen LogP contribution in [0.4, 0.5) is 22.7 Å². The van der Waals surface area contributed by atoms with E-state index in [1.807, 2.05) is 0 Å². The summed E-state index contributed by atoms with van der Waals surface area (Å²) in [6.07, 6.45) is 11.3. The molecular weight excluding hydrogens is 1010 g/mol. The summed E-state index contributed by atoms with van der Waals surface area (Å²) in [7, 11) is 0. The highest BCUT2D eigenvalue weighted by Gasteiger charge is 2.36. The molecule has 17 rings (SSSR count). The van der Waals surface area contributed by atoms with Crippen molar-refractivity contribution in [2.24, 2.45) is 0 Å². The standard InChI is InChI=1S/C79H56N2O2/c1-47(2)49-21-16-22-50(42-49)57-28-17-31-71-75(57)64-35-32-51-43-70(80-46-52-20-8-9-23-55(52)60-26-13-15-30-68(60)80)62-38-41-72-76(77(62)74(51)78(64)83-71)63-36-33-54(45-73(63)82-72)81(53-34-39-67-65(44-53)59-25-12-14-29-66(59)79(67,3)4)69-40-37-56(48-18-6-5-7-19-48)58-24-10-11-27-61(58)69/h5-47,68H,1-4H3. The summed E-state index contributed by atoms with van der Waals surface area (Å²) < 4.78 is 14.5. The molecule has 0 amide bonds. The fourth-order valence-electron chi connectivity index (χ4n) is 14.5. The lowest BCUT2D eigenvalue weighted by molar-refractivity contribution is 0.660. The van der Waals surface area contributed by atoms with Gasteiger partial charge in [0.05, 0.1) is 17.4 Å². The van der Waals surface area contributed by atoms with E-state index in [0.29, 0.717) is 5.92 Å². The second kappa shape index (κ2) is 17.9. The van der Waals surface area contributed by atoms with E-state index in [-0.39, 0.29) is 11.5 Å². The largest absolute Gasteiger partial charge is 0.456 e. The summed E-state index contributed by atoms with van der Waals surface area (Å²) in [5.41, 5.74) is 20.1. The van der Waals surface area contributed by atoms with Crippen LogP contribution in [0.5, 0.6) is 0 Å². The van der Waals surface area contributed by atoms with Crippen molar-refractivity contribution in [3.8, 4) is 33.4 Å². The number of allylic oxidation sites excluding steroid dienone is 2. The van der Waals surface area contributed by atoms with Gasteiger partial charge >= 0.3 is 0 Å². The summed E-state index contributed by atoms with van der Waals surface area (Å²) in [5, 5.41) is 13.5. The van der Waals surface area contributed by atoms with Crippen LogP contribution in [0.15, 0.2) is 258 Å². The fourth-order valence-corrected chi connectivity index (χ4v) is 14.5. The van der Waals surface area contributed by atoms with E-state index in [1.165, 1.54) is 71.5 Å². The Hall–Kier alpha value is -10.2. The molecule has 0 spiro atoms. The molecule has 394 valence electrons. The third-order valence-electron chi connectivity index (χ3n) is 18.4. The average molecular weight is 1070 g/mol. The van der Waals surface area contributed by atoms with E-state index in [1.54, 1.807) is 0 Å². The zero-order valence-corrected chi connectivity index (χ0v) is 46.6. The van der Waals surface area contributed by atoms with E-state index < -0.39 is 0 Å². The van der Waals surface area contributed by atoms with Crippen molar-refractivity contribution in [1.82, 2.24) is 0 Å². The molecule has 0 bridgehead atoms. The maximum absolute atomic E-state index is 7.28. The maximum atomic E-state index is 7.28. The van der Waals surface area contributed by atoms with Gasteiger partial charge in [-0.3, -0.25) is 0 Å². The van der Waals surface area contributed by atoms with Crippen molar-refractivity contribution in [2.45, 2.75) is 45.1 Å². The fraction of sp³-hybridized carbons (Fsp3) is 0.0886. The smallest absolute Gasteiger partial charge is 0.143 e. The van der Waals surface area contributed by atoms with Crippen LogP contribution in [0.1, 0.15) is 50.3 Å². The van der Waals surface area contributed by atoms with Crippen LogP contribution in [-0.2, 0) is 5.41 Å². The lowest BCUT2D eigenvalue weighted by Crippen LogP contribution is -2.44. The topological polar surface area (TPSA) is 32.8 Å². The van der Waals surface area contributed by atoms with Gasteiger partial charge in [0.2, 0.25) is 0 Å². The minimum absolute atomic E-state index is 0.00316. The van der Waals surface area contributed by atoms with Gasteiger partial charge in [-0.15, -0.1) is 0 Å². The van der Waals surface area contributed by atoms with Crippen molar-refractivity contribution in [3.63, 3.8) is 0 Å². The van der Waals surface area contributed by atoms with Crippen LogP contribution in [0.25, 0.3) is 121 Å². The molecule has 3 aliphatic rings. The molecule has 1 atom stereocenters. The van der Waals surface area contributed by atoms with Crippen LogP contribution in [0, 0.1) is 0 Å². The number of fused-ring (bicyclic) bond motifs is 17. The summed E-state index contributed by atoms with van der Waals surface area (Å²) in [6.45, 7) is 9.22. The quantitative estimate of drug-likeness (QED) is 0.149. The van der Waals surface area contributed by atoms with Gasteiger partial charge in [-0.2, -0.15) is 0 Å². The highest BCUT2D eigenvalue weighted by Crippen LogP contribution is 2.53. The highest BCUT2D eigenvalue weighted by atomic mass is 16.3. The molecule has 2 aromatic heterocycles. The molecule has 4 nitrogen and oxygen atoms in total. The molecule has 0 radical (unpaired) electrons. The number of benzene rings is 12. The van der Waals surface area contributed by atoms with Gasteiger partial charge in [-0.05, 0) is 143 Å². The Morgan fingerprint density at radius 2 is 1.20 bits per heavy atom. The van der Waals surface area contributed by atoms with Crippen LogP contribution in [0.2, 0.25) is 0 Å². The van der Waals surface area contributed by atoms with Crippen molar-refractivity contribution < 1.29 is 8.83 Å². The summed E-state index contributed by atoms with van der Waals surface area (Å²) in [4.78, 5) is 4.93. The molecule has 1 aliphatic heterocycles. The highest BCUT2D eigenvalue weighted by molar-refractivity contribution is 6.35. The van der Waals surface area contributed by atoms with Gasteiger partial charge in [0.25, 0.3) is 0 Å². The molecule has 3 heterocycles. The molecular formula is C79H56N2O2. The van der Waals surface area contributed by atoms with E-state index >= 15 is 0 Å². The van der Waals surface area contributed by atoms with Gasteiger partial charge in [0, 0.05) is 72.1 Å². The molecule has 0 N–H and O–H groups in total. The van der Waals surface area contributed by atoms with Crippen molar-refractivity contribution in [1.29, 1.82) is 0 Å². The number of rotatable bonds is 7. The Bertz CT molecular complexity index is 5300. The first kappa shape index (κ1) is 47.6. The minimum atomic E-state index is -0.129. The number of anilines is 4. The molecule has 83 heavy (non-hydrogen) atoms. The third kappa shape index (κ3) is 7.06. The third-order valence-corrected chi connectivity index (χ3v) is 18.4. The Morgan fingerprint density at radius 1 is 0.470 bits per heavy atom. The van der Waals surface area contributed by atoms with Crippen LogP contribution in [-0.4, -0.2) is 6.04 Å². The molecule has 0 fully saturated rings. The Balaban J connectivity index is 0.936. The average Bonchev–Trinajstić information content (AvgIpc) is 2.12. The van der Waals surface area contributed by atoms with E-state index in [4.69, 9.17) is 8.83 Å². The van der Waals surface area contributed by atoms with Gasteiger partial charge in [-0.25, -0.2) is 0 Å². The monoisotopic (exact) mass is 1060 g/mol.